The summed E-state index contributed by atoms with van der Waals surface area (Å²) in [7, 11) is 1.51. The summed E-state index contributed by atoms with van der Waals surface area (Å²) in [5, 5.41) is 0. The molecule has 1 aromatic rings. The quantitative estimate of drug-likeness (QED) is 0.556. The van der Waals surface area contributed by atoms with Gasteiger partial charge in [0.05, 0.1) is 12.7 Å². The third-order valence-electron chi connectivity index (χ3n) is 3.68. The van der Waals surface area contributed by atoms with E-state index in [-0.39, 0.29) is 5.56 Å². The van der Waals surface area contributed by atoms with E-state index < -0.39 is 17.6 Å². The number of hydrogen-bond acceptors (Lipinski definition) is 1. The third kappa shape index (κ3) is 2.86. The summed E-state index contributed by atoms with van der Waals surface area (Å²) in [4.78, 5) is 0. The van der Waals surface area contributed by atoms with Crippen molar-refractivity contribution in [2.75, 3.05) is 7.11 Å². The van der Waals surface area contributed by atoms with E-state index in [1.807, 2.05) is 0 Å². The van der Waals surface area contributed by atoms with E-state index in [2.05, 4.69) is 0 Å². The van der Waals surface area contributed by atoms with Gasteiger partial charge in [-0.1, -0.05) is 24.3 Å². The van der Waals surface area contributed by atoms with Crippen LogP contribution in [0.2, 0.25) is 0 Å². The minimum Gasteiger partial charge on any atom is -0.497 e. The van der Waals surface area contributed by atoms with E-state index in [0.717, 1.165) is 18.2 Å². The van der Waals surface area contributed by atoms with Gasteiger partial charge in [-0.05, 0) is 52.6 Å². The Morgan fingerprint density at radius 1 is 0.783 bits per heavy atom. The van der Waals surface area contributed by atoms with Gasteiger partial charge in [0.2, 0.25) is 0 Å². The van der Waals surface area contributed by atoms with E-state index in [1.54, 1.807) is 24.3 Å². The molecule has 118 valence electrons. The van der Waals surface area contributed by atoms with Crippen molar-refractivity contribution in [3.05, 3.63) is 66.0 Å². The molecule has 0 radical (unpaired) electrons. The van der Waals surface area contributed by atoms with Crippen LogP contribution in [0.25, 0.3) is 22.3 Å². The van der Waals surface area contributed by atoms with Crippen molar-refractivity contribution in [3.8, 4) is 28.0 Å². The lowest BCUT2D eigenvalue weighted by Gasteiger charge is -2.06. The summed E-state index contributed by atoms with van der Waals surface area (Å²) in [5.41, 5.74) is 0.580. The Morgan fingerprint density at radius 3 is 1.96 bits per heavy atom. The SMILES string of the molecule is COc1ccc(-c2cc(C(F)(F)F)c3ccc(F)ccc2-3)cc1. The molecule has 3 rings (SSSR count). The first-order valence-corrected chi connectivity index (χ1v) is 6.84. The number of fused-ring (bicyclic) bond motifs is 1. The predicted molar refractivity (Wildman–Crippen MR) is 80.0 cm³/mol. The number of halogens is 4. The van der Waals surface area contributed by atoms with Gasteiger partial charge in [0.15, 0.2) is 0 Å². The Balaban J connectivity index is 2.24. The molecular formula is C18H12F4O. The summed E-state index contributed by atoms with van der Waals surface area (Å²) in [6.45, 7) is 0. The van der Waals surface area contributed by atoms with Gasteiger partial charge in [0.1, 0.15) is 11.6 Å². The maximum Gasteiger partial charge on any atom is 0.417 e. The fourth-order valence-corrected chi connectivity index (χ4v) is 2.57. The zero-order chi connectivity index (χ0) is 16.6. The van der Waals surface area contributed by atoms with Gasteiger partial charge in [0, 0.05) is 0 Å². The molecule has 5 heteroatoms. The molecule has 0 fully saturated rings. The number of rotatable bonds is 2. The van der Waals surface area contributed by atoms with E-state index in [9.17, 15) is 17.6 Å². The average Bonchev–Trinajstić information content (AvgIpc) is 2.79. The standard InChI is InChI=1S/C18H12F4O/c1-23-13-6-2-11(3-7-13)16-10-17(18(20,21)22)15-9-5-12(19)4-8-14(15)16/h2-10H,1H3. The molecular weight excluding hydrogens is 308 g/mol. The normalized spacial score (nSPS) is 11.7. The lowest BCUT2D eigenvalue weighted by Crippen LogP contribution is -2.03. The zero-order valence-corrected chi connectivity index (χ0v) is 12.1. The van der Waals surface area contributed by atoms with E-state index >= 15 is 0 Å². The van der Waals surface area contributed by atoms with Crippen LogP contribution >= 0.6 is 0 Å². The van der Waals surface area contributed by atoms with Crippen molar-refractivity contribution < 1.29 is 22.3 Å². The van der Waals surface area contributed by atoms with Crippen LogP contribution in [0.5, 0.6) is 5.75 Å². The summed E-state index contributed by atoms with van der Waals surface area (Å²) in [5.74, 6) is 0.0206. The van der Waals surface area contributed by atoms with Crippen molar-refractivity contribution in [1.29, 1.82) is 0 Å². The summed E-state index contributed by atoms with van der Waals surface area (Å²) in [6, 6.07) is 12.5. The molecule has 0 unspecified atom stereocenters. The van der Waals surface area contributed by atoms with Crippen LogP contribution in [0.1, 0.15) is 5.56 Å². The molecule has 0 saturated carbocycles. The Bertz CT molecular complexity index is 806. The molecule has 1 nitrogen and oxygen atoms in total. The Morgan fingerprint density at radius 2 is 1.39 bits per heavy atom. The van der Waals surface area contributed by atoms with Crippen LogP contribution in [0.15, 0.2) is 54.6 Å². The van der Waals surface area contributed by atoms with Crippen LogP contribution in [-0.4, -0.2) is 7.11 Å². The number of alkyl halides is 3. The summed E-state index contributed by atoms with van der Waals surface area (Å²) < 4.78 is 58.3. The number of methoxy groups -OCH3 is 1. The van der Waals surface area contributed by atoms with Crippen LogP contribution in [0.4, 0.5) is 17.6 Å². The monoisotopic (exact) mass is 320 g/mol. The molecule has 23 heavy (non-hydrogen) atoms. The van der Waals surface area contributed by atoms with Gasteiger partial charge in [0.25, 0.3) is 0 Å². The summed E-state index contributed by atoms with van der Waals surface area (Å²) >= 11 is 0. The van der Waals surface area contributed by atoms with Crippen molar-refractivity contribution in [2.45, 2.75) is 6.18 Å². The van der Waals surface area contributed by atoms with Gasteiger partial charge in [-0.15, -0.1) is 0 Å². The molecule has 0 atom stereocenters. The van der Waals surface area contributed by atoms with Crippen molar-refractivity contribution >= 4 is 0 Å². The highest BCUT2D eigenvalue weighted by atomic mass is 19.4. The second-order valence-electron chi connectivity index (χ2n) is 5.08. The van der Waals surface area contributed by atoms with Crippen molar-refractivity contribution in [1.82, 2.24) is 0 Å². The molecule has 0 bridgehead atoms. The van der Waals surface area contributed by atoms with Crippen molar-refractivity contribution in [2.24, 2.45) is 0 Å². The molecule has 0 aliphatic heterocycles. The lowest BCUT2D eigenvalue weighted by molar-refractivity contribution is -0.136. The third-order valence-corrected chi connectivity index (χ3v) is 3.68. The molecule has 0 amide bonds. The van der Waals surface area contributed by atoms with Crippen LogP contribution in [-0.2, 0) is 6.18 Å². The van der Waals surface area contributed by atoms with Crippen LogP contribution in [0.3, 0.4) is 0 Å². The van der Waals surface area contributed by atoms with E-state index in [4.69, 9.17) is 4.74 Å². The molecule has 0 spiro atoms. The topological polar surface area (TPSA) is 9.23 Å². The van der Waals surface area contributed by atoms with Gasteiger partial charge in [-0.25, -0.2) is 4.39 Å². The first kappa shape index (κ1) is 15.3. The second-order valence-corrected chi connectivity index (χ2v) is 5.08. The first-order valence-electron chi connectivity index (χ1n) is 6.84. The molecule has 2 aliphatic carbocycles. The van der Waals surface area contributed by atoms with Gasteiger partial charge >= 0.3 is 6.18 Å². The highest BCUT2D eigenvalue weighted by Gasteiger charge is 2.36. The van der Waals surface area contributed by atoms with E-state index in [1.165, 1.54) is 19.2 Å². The Hall–Kier alpha value is -2.56. The average molecular weight is 320 g/mol. The maximum absolute atomic E-state index is 13.4. The van der Waals surface area contributed by atoms with Crippen LogP contribution < -0.4 is 4.74 Å². The number of benzene rings is 1. The van der Waals surface area contributed by atoms with Crippen molar-refractivity contribution in [3.63, 3.8) is 0 Å². The Labute approximate surface area is 130 Å². The minimum atomic E-state index is -4.51. The number of ether oxygens (including phenoxy) is 1. The lowest BCUT2D eigenvalue weighted by atomic mass is 10.0. The van der Waals surface area contributed by atoms with Gasteiger partial charge in [-0.3, -0.25) is 0 Å². The molecule has 0 aromatic heterocycles. The molecule has 0 saturated heterocycles. The highest BCUT2D eigenvalue weighted by molar-refractivity contribution is 5.89. The van der Waals surface area contributed by atoms with Gasteiger partial charge < -0.3 is 4.74 Å². The Kier molecular flexibility index (Phi) is 3.72. The smallest absolute Gasteiger partial charge is 0.417 e. The van der Waals surface area contributed by atoms with Gasteiger partial charge in [-0.2, -0.15) is 13.2 Å². The van der Waals surface area contributed by atoms with E-state index in [0.29, 0.717) is 22.4 Å². The fraction of sp³-hybridized carbons (Fsp3) is 0.111. The first-order chi connectivity index (χ1) is 10.9. The molecule has 0 N–H and O–H groups in total. The highest BCUT2D eigenvalue weighted by Crippen LogP contribution is 2.45. The largest absolute Gasteiger partial charge is 0.497 e. The van der Waals surface area contributed by atoms with Crippen LogP contribution in [0, 0.1) is 5.82 Å². The fourth-order valence-electron chi connectivity index (χ4n) is 2.57. The second kappa shape index (κ2) is 5.57. The molecule has 2 aliphatic rings. The maximum atomic E-state index is 13.4. The predicted octanol–water partition coefficient (Wildman–Crippen LogP) is 5.62. The minimum absolute atomic E-state index is 0.0211. The number of hydrogen-bond donors (Lipinski definition) is 0. The molecule has 1 aromatic carbocycles. The zero-order valence-electron chi connectivity index (χ0n) is 12.1. The summed E-state index contributed by atoms with van der Waals surface area (Å²) in [6.07, 6.45) is -4.51. The molecule has 0 heterocycles.